The average Bonchev–Trinajstić information content (AvgIpc) is 2.71. The molecule has 3 rings (SSSR count). The molecule has 0 radical (unpaired) electrons. The standard InChI is InChI=1S/C23H25NO6/c1-3-4-5-6-11-29-23-20(21(26)17-12-14(2)7-10-19(17)30-23)24-15-8-9-16(22(27)28)18(25)13-15/h7-10,12-13,23,25H,3-6,11H2,1-2H3,(H,27,28). The molecule has 0 saturated carbocycles. The molecule has 0 aromatic heterocycles. The number of aliphatic imine (C=N–C) groups is 1. The summed E-state index contributed by atoms with van der Waals surface area (Å²) in [6.07, 6.45) is 3.09. The van der Waals surface area contributed by atoms with Crippen LogP contribution in [-0.2, 0) is 4.74 Å². The number of nitrogens with zero attached hydrogens (tertiary/aromatic N) is 1. The second-order valence-electron chi connectivity index (χ2n) is 7.21. The molecule has 158 valence electrons. The first-order valence-electron chi connectivity index (χ1n) is 9.99. The number of phenols is 1. The number of carboxylic acid groups (broad SMARTS) is 1. The molecule has 1 unspecified atom stereocenters. The number of carbonyl (C=O) groups is 2. The van der Waals surface area contributed by atoms with Gasteiger partial charge in [0.2, 0.25) is 12.1 Å². The van der Waals surface area contributed by atoms with Gasteiger partial charge in [-0.3, -0.25) is 4.79 Å². The molecule has 0 spiro atoms. The van der Waals surface area contributed by atoms with Gasteiger partial charge in [-0.15, -0.1) is 0 Å². The van der Waals surface area contributed by atoms with Crippen molar-refractivity contribution in [3.63, 3.8) is 0 Å². The number of aryl methyl sites for hydroxylation is 1. The van der Waals surface area contributed by atoms with Gasteiger partial charge in [0.05, 0.1) is 17.9 Å². The molecule has 2 aromatic carbocycles. The molecule has 30 heavy (non-hydrogen) atoms. The molecule has 0 fully saturated rings. The summed E-state index contributed by atoms with van der Waals surface area (Å²) in [5.74, 6) is -1.56. The van der Waals surface area contributed by atoms with Crippen LogP contribution in [0.4, 0.5) is 5.69 Å². The van der Waals surface area contributed by atoms with E-state index < -0.39 is 18.0 Å². The largest absolute Gasteiger partial charge is 0.507 e. The van der Waals surface area contributed by atoms with Crippen LogP contribution < -0.4 is 4.74 Å². The highest BCUT2D eigenvalue weighted by molar-refractivity contribution is 6.48. The fourth-order valence-electron chi connectivity index (χ4n) is 3.19. The summed E-state index contributed by atoms with van der Waals surface area (Å²) < 4.78 is 11.7. The molecule has 0 saturated heterocycles. The highest BCUT2D eigenvalue weighted by Gasteiger charge is 2.34. The molecule has 7 nitrogen and oxygen atoms in total. The van der Waals surface area contributed by atoms with Crippen molar-refractivity contribution in [1.82, 2.24) is 0 Å². The van der Waals surface area contributed by atoms with Gasteiger partial charge in [0, 0.05) is 6.07 Å². The summed E-state index contributed by atoms with van der Waals surface area (Å²) in [5.41, 5.74) is 1.36. The maximum absolute atomic E-state index is 13.1. The Morgan fingerprint density at radius 2 is 1.97 bits per heavy atom. The third kappa shape index (κ3) is 4.86. The Hall–Kier alpha value is -3.19. The Balaban J connectivity index is 1.92. The van der Waals surface area contributed by atoms with Crippen molar-refractivity contribution in [3.8, 4) is 11.5 Å². The highest BCUT2D eigenvalue weighted by atomic mass is 16.7. The quantitative estimate of drug-likeness (QED) is 0.612. The monoisotopic (exact) mass is 411 g/mol. The van der Waals surface area contributed by atoms with Crippen LogP contribution in [0.3, 0.4) is 0 Å². The van der Waals surface area contributed by atoms with Crippen LogP contribution in [0.2, 0.25) is 0 Å². The third-order valence-electron chi connectivity index (χ3n) is 4.80. The molecule has 1 heterocycles. The van der Waals surface area contributed by atoms with Crippen molar-refractivity contribution < 1.29 is 29.3 Å². The number of hydrogen-bond acceptors (Lipinski definition) is 6. The van der Waals surface area contributed by atoms with E-state index in [-0.39, 0.29) is 22.7 Å². The number of benzene rings is 2. The van der Waals surface area contributed by atoms with Crippen LogP contribution in [-0.4, -0.2) is 40.6 Å². The summed E-state index contributed by atoms with van der Waals surface area (Å²) in [5, 5.41) is 19.0. The Morgan fingerprint density at radius 1 is 1.17 bits per heavy atom. The topological polar surface area (TPSA) is 105 Å². The SMILES string of the molecule is CCCCCCOC1Oc2ccc(C)cc2C(=O)C1=Nc1ccc(C(=O)O)c(O)c1. The maximum Gasteiger partial charge on any atom is 0.339 e. The lowest BCUT2D eigenvalue weighted by atomic mass is 10.00. The van der Waals surface area contributed by atoms with Crippen LogP contribution in [0.1, 0.15) is 58.9 Å². The summed E-state index contributed by atoms with van der Waals surface area (Å²) >= 11 is 0. The molecule has 1 aliphatic heterocycles. The number of ketones is 1. The molecule has 0 aliphatic carbocycles. The van der Waals surface area contributed by atoms with Gasteiger partial charge in [0.25, 0.3) is 0 Å². The number of carboxylic acids is 1. The molecular weight excluding hydrogens is 386 g/mol. The Morgan fingerprint density at radius 3 is 2.67 bits per heavy atom. The van der Waals surface area contributed by atoms with E-state index in [1.54, 1.807) is 12.1 Å². The number of unbranched alkanes of at least 4 members (excludes halogenated alkanes) is 3. The number of ether oxygens (including phenoxy) is 2. The summed E-state index contributed by atoms with van der Waals surface area (Å²) in [7, 11) is 0. The van der Waals surface area contributed by atoms with Crippen LogP contribution >= 0.6 is 0 Å². The number of fused-ring (bicyclic) bond motifs is 1. The maximum atomic E-state index is 13.1. The zero-order valence-corrected chi connectivity index (χ0v) is 17.1. The van der Waals surface area contributed by atoms with Gasteiger partial charge >= 0.3 is 5.97 Å². The molecule has 2 aromatic rings. The van der Waals surface area contributed by atoms with E-state index in [2.05, 4.69) is 11.9 Å². The lowest BCUT2D eigenvalue weighted by Crippen LogP contribution is -2.40. The minimum Gasteiger partial charge on any atom is -0.507 e. The van der Waals surface area contributed by atoms with E-state index >= 15 is 0 Å². The van der Waals surface area contributed by atoms with Gasteiger partial charge in [-0.05, 0) is 37.6 Å². The van der Waals surface area contributed by atoms with Gasteiger partial charge in [0.1, 0.15) is 17.1 Å². The third-order valence-corrected chi connectivity index (χ3v) is 4.80. The van der Waals surface area contributed by atoms with E-state index in [0.717, 1.165) is 31.2 Å². The molecule has 0 amide bonds. The van der Waals surface area contributed by atoms with Crippen molar-refractivity contribution in [3.05, 3.63) is 53.1 Å². The Labute approximate surface area is 175 Å². The zero-order valence-electron chi connectivity index (χ0n) is 17.1. The minimum atomic E-state index is -1.25. The average molecular weight is 411 g/mol. The predicted molar refractivity (Wildman–Crippen MR) is 112 cm³/mol. The Bertz CT molecular complexity index is 982. The number of carbonyl (C=O) groups excluding carboxylic acids is 1. The first-order valence-corrected chi connectivity index (χ1v) is 9.99. The van der Waals surface area contributed by atoms with E-state index in [9.17, 15) is 14.7 Å². The van der Waals surface area contributed by atoms with Gasteiger partial charge in [-0.1, -0.05) is 37.8 Å². The number of Topliss-reactive ketones (excluding diaryl/α,β-unsaturated/α-hetero) is 1. The second kappa shape index (κ2) is 9.54. The van der Waals surface area contributed by atoms with Gasteiger partial charge < -0.3 is 19.7 Å². The molecule has 1 atom stereocenters. The van der Waals surface area contributed by atoms with Crippen LogP contribution in [0.25, 0.3) is 0 Å². The van der Waals surface area contributed by atoms with Gasteiger partial charge in [-0.2, -0.15) is 0 Å². The molecule has 1 aliphatic rings. The lowest BCUT2D eigenvalue weighted by molar-refractivity contribution is -0.0356. The normalized spacial score (nSPS) is 16.9. The summed E-state index contributed by atoms with van der Waals surface area (Å²) in [6.45, 7) is 4.42. The lowest BCUT2D eigenvalue weighted by Gasteiger charge is -2.27. The second-order valence-corrected chi connectivity index (χ2v) is 7.21. The molecule has 7 heteroatoms. The number of rotatable bonds is 8. The van der Waals surface area contributed by atoms with Gasteiger partial charge in [-0.25, -0.2) is 9.79 Å². The van der Waals surface area contributed by atoms with Crippen molar-refractivity contribution in [2.24, 2.45) is 4.99 Å². The molecule has 0 bridgehead atoms. The van der Waals surface area contributed by atoms with Crippen molar-refractivity contribution in [1.29, 1.82) is 0 Å². The first kappa shape index (κ1) is 21.5. The van der Waals surface area contributed by atoms with Crippen molar-refractivity contribution >= 4 is 23.2 Å². The number of aromatic hydroxyl groups is 1. The Kier molecular flexibility index (Phi) is 6.84. The van der Waals surface area contributed by atoms with E-state index in [4.69, 9.17) is 14.6 Å². The number of hydrogen-bond donors (Lipinski definition) is 2. The predicted octanol–water partition coefficient (Wildman–Crippen LogP) is 4.67. The summed E-state index contributed by atoms with van der Waals surface area (Å²) in [4.78, 5) is 28.6. The van der Waals surface area contributed by atoms with E-state index in [0.29, 0.717) is 17.9 Å². The molecule has 2 N–H and O–H groups in total. The van der Waals surface area contributed by atoms with E-state index in [1.807, 2.05) is 13.0 Å². The van der Waals surface area contributed by atoms with Crippen LogP contribution in [0.5, 0.6) is 11.5 Å². The van der Waals surface area contributed by atoms with Crippen molar-refractivity contribution in [2.45, 2.75) is 45.8 Å². The minimum absolute atomic E-state index is 0.0612. The van der Waals surface area contributed by atoms with Crippen LogP contribution in [0, 0.1) is 6.92 Å². The smallest absolute Gasteiger partial charge is 0.339 e. The number of aromatic carboxylic acids is 1. The van der Waals surface area contributed by atoms with E-state index in [1.165, 1.54) is 18.2 Å². The zero-order chi connectivity index (χ0) is 21.7. The van der Waals surface area contributed by atoms with Gasteiger partial charge in [0.15, 0.2) is 5.71 Å². The fraction of sp³-hybridized carbons (Fsp3) is 0.348. The van der Waals surface area contributed by atoms with Crippen LogP contribution in [0.15, 0.2) is 41.4 Å². The highest BCUT2D eigenvalue weighted by Crippen LogP contribution is 2.30. The first-order chi connectivity index (χ1) is 14.4. The molecular formula is C23H25NO6. The summed E-state index contributed by atoms with van der Waals surface area (Å²) in [6, 6.07) is 9.19. The van der Waals surface area contributed by atoms with Crippen molar-refractivity contribution in [2.75, 3.05) is 6.61 Å². The fourth-order valence-corrected chi connectivity index (χ4v) is 3.19.